The van der Waals surface area contributed by atoms with Crippen LogP contribution in [-0.4, -0.2) is 47.2 Å². The molecule has 0 aliphatic carbocycles. The number of methoxy groups -OCH3 is 2. The molecule has 0 spiro atoms. The van der Waals surface area contributed by atoms with Crippen LogP contribution in [0.3, 0.4) is 0 Å². The summed E-state index contributed by atoms with van der Waals surface area (Å²) in [5, 5.41) is 15.5. The molecule has 0 radical (unpaired) electrons. The molecule has 2 aromatic rings. The van der Waals surface area contributed by atoms with Gasteiger partial charge in [0.25, 0.3) is 0 Å². The first-order valence-corrected chi connectivity index (χ1v) is 7.42. The molecule has 1 aromatic heterocycles. The van der Waals surface area contributed by atoms with Crippen molar-refractivity contribution in [3.63, 3.8) is 0 Å². The van der Waals surface area contributed by atoms with Crippen LogP contribution in [0.5, 0.6) is 11.5 Å². The van der Waals surface area contributed by atoms with Crippen molar-refractivity contribution >= 4 is 11.8 Å². The van der Waals surface area contributed by atoms with Crippen LogP contribution in [0.15, 0.2) is 23.4 Å². The molecule has 0 amide bonds. The van der Waals surface area contributed by atoms with E-state index in [9.17, 15) is 0 Å². The maximum atomic E-state index is 5.35. The minimum atomic E-state index is 0.159. The first kappa shape index (κ1) is 15.6. The van der Waals surface area contributed by atoms with Gasteiger partial charge in [0.1, 0.15) is 0 Å². The molecule has 0 aliphatic heterocycles. The SMILES string of the molecule is CNC(CSc1nnnn1C)c1ccc(OC)c(OC)c1. The minimum Gasteiger partial charge on any atom is -0.493 e. The summed E-state index contributed by atoms with van der Waals surface area (Å²) in [4.78, 5) is 0. The molecule has 0 aliphatic rings. The molecule has 21 heavy (non-hydrogen) atoms. The van der Waals surface area contributed by atoms with E-state index >= 15 is 0 Å². The fourth-order valence-electron chi connectivity index (χ4n) is 1.92. The summed E-state index contributed by atoms with van der Waals surface area (Å²) in [5.41, 5.74) is 1.12. The number of hydrogen-bond donors (Lipinski definition) is 1. The standard InChI is InChI=1S/C13H19N5O2S/c1-14-10(8-21-13-15-16-17-18(13)2)9-5-6-11(19-3)12(7-9)20-4/h5-7,10,14H,8H2,1-4H3. The molecule has 0 saturated heterocycles. The molecule has 1 atom stereocenters. The Bertz CT molecular complexity index is 590. The lowest BCUT2D eigenvalue weighted by molar-refractivity contribution is 0.354. The Kier molecular flexibility index (Phi) is 5.40. The van der Waals surface area contributed by atoms with E-state index in [2.05, 4.69) is 20.8 Å². The molecule has 114 valence electrons. The number of ether oxygens (including phenoxy) is 2. The van der Waals surface area contributed by atoms with Gasteiger partial charge in [0.2, 0.25) is 5.16 Å². The summed E-state index contributed by atoms with van der Waals surface area (Å²) in [6.45, 7) is 0. The van der Waals surface area contributed by atoms with Crippen molar-refractivity contribution in [2.75, 3.05) is 27.0 Å². The van der Waals surface area contributed by atoms with Crippen molar-refractivity contribution in [2.45, 2.75) is 11.2 Å². The van der Waals surface area contributed by atoms with Crippen molar-refractivity contribution in [1.82, 2.24) is 25.5 Å². The van der Waals surface area contributed by atoms with Gasteiger partial charge in [0.05, 0.1) is 14.2 Å². The van der Waals surface area contributed by atoms with Gasteiger partial charge in [-0.25, -0.2) is 4.68 Å². The van der Waals surface area contributed by atoms with Gasteiger partial charge in [-0.15, -0.1) is 5.10 Å². The number of nitrogens with zero attached hydrogens (tertiary/aromatic N) is 4. The third-order valence-corrected chi connectivity index (χ3v) is 4.22. The van der Waals surface area contributed by atoms with E-state index in [1.54, 1.807) is 30.7 Å². The van der Waals surface area contributed by atoms with E-state index in [0.717, 1.165) is 28.0 Å². The Morgan fingerprint density at radius 3 is 2.62 bits per heavy atom. The second-order valence-electron chi connectivity index (χ2n) is 4.35. The smallest absolute Gasteiger partial charge is 0.209 e. The van der Waals surface area contributed by atoms with E-state index in [1.807, 2.05) is 32.3 Å². The van der Waals surface area contributed by atoms with Crippen LogP contribution < -0.4 is 14.8 Å². The Morgan fingerprint density at radius 2 is 2.05 bits per heavy atom. The number of aryl methyl sites for hydroxylation is 1. The van der Waals surface area contributed by atoms with Crippen LogP contribution in [0.4, 0.5) is 0 Å². The van der Waals surface area contributed by atoms with Crippen molar-refractivity contribution in [3.05, 3.63) is 23.8 Å². The zero-order valence-electron chi connectivity index (χ0n) is 12.5. The molecular formula is C13H19N5O2S. The second kappa shape index (κ2) is 7.28. The highest BCUT2D eigenvalue weighted by atomic mass is 32.2. The molecular weight excluding hydrogens is 290 g/mol. The summed E-state index contributed by atoms with van der Waals surface area (Å²) in [5.74, 6) is 2.25. The first-order chi connectivity index (χ1) is 10.2. The lowest BCUT2D eigenvalue weighted by atomic mass is 10.1. The quantitative estimate of drug-likeness (QED) is 0.772. The van der Waals surface area contributed by atoms with E-state index in [1.165, 1.54) is 0 Å². The van der Waals surface area contributed by atoms with E-state index in [-0.39, 0.29) is 6.04 Å². The molecule has 2 rings (SSSR count). The Hall–Kier alpha value is -1.80. The molecule has 0 fully saturated rings. The highest BCUT2D eigenvalue weighted by Crippen LogP contribution is 2.31. The number of nitrogens with one attached hydrogen (secondary N) is 1. The maximum absolute atomic E-state index is 5.35. The van der Waals surface area contributed by atoms with Gasteiger partial charge >= 0.3 is 0 Å². The number of benzene rings is 1. The normalized spacial score (nSPS) is 12.2. The average molecular weight is 309 g/mol. The number of thioether (sulfide) groups is 1. The van der Waals surface area contributed by atoms with E-state index in [0.29, 0.717) is 0 Å². The molecule has 1 aromatic carbocycles. The molecule has 1 unspecified atom stereocenters. The Labute approximate surface area is 128 Å². The molecule has 1 heterocycles. The van der Waals surface area contributed by atoms with Crippen LogP contribution >= 0.6 is 11.8 Å². The molecule has 7 nitrogen and oxygen atoms in total. The third kappa shape index (κ3) is 3.64. The highest BCUT2D eigenvalue weighted by molar-refractivity contribution is 7.99. The van der Waals surface area contributed by atoms with Gasteiger partial charge in [-0.2, -0.15) is 0 Å². The molecule has 1 N–H and O–H groups in total. The first-order valence-electron chi connectivity index (χ1n) is 6.44. The van der Waals surface area contributed by atoms with Crippen LogP contribution in [0, 0.1) is 0 Å². The summed E-state index contributed by atoms with van der Waals surface area (Å²) < 4.78 is 12.3. The summed E-state index contributed by atoms with van der Waals surface area (Å²) in [6, 6.07) is 6.08. The number of hydrogen-bond acceptors (Lipinski definition) is 7. The van der Waals surface area contributed by atoms with Gasteiger partial charge in [-0.1, -0.05) is 17.8 Å². The van der Waals surface area contributed by atoms with Gasteiger partial charge < -0.3 is 14.8 Å². The van der Waals surface area contributed by atoms with Gasteiger partial charge in [-0.05, 0) is 35.2 Å². The monoisotopic (exact) mass is 309 g/mol. The predicted octanol–water partition coefficient (Wildman–Crippen LogP) is 1.28. The van der Waals surface area contributed by atoms with Crippen molar-refractivity contribution in [3.8, 4) is 11.5 Å². The van der Waals surface area contributed by atoms with E-state index < -0.39 is 0 Å². The fraction of sp³-hybridized carbons (Fsp3) is 0.462. The van der Waals surface area contributed by atoms with Crippen LogP contribution in [0.1, 0.15) is 11.6 Å². The number of rotatable bonds is 7. The number of aromatic nitrogens is 4. The topological polar surface area (TPSA) is 74.1 Å². The van der Waals surface area contributed by atoms with Crippen LogP contribution in [0.25, 0.3) is 0 Å². The maximum Gasteiger partial charge on any atom is 0.209 e. The predicted molar refractivity (Wildman–Crippen MR) is 80.9 cm³/mol. The lowest BCUT2D eigenvalue weighted by Gasteiger charge is -2.17. The van der Waals surface area contributed by atoms with Gasteiger partial charge in [0, 0.05) is 18.8 Å². The van der Waals surface area contributed by atoms with Crippen LogP contribution in [0.2, 0.25) is 0 Å². The summed E-state index contributed by atoms with van der Waals surface area (Å²) >= 11 is 1.60. The molecule has 0 saturated carbocycles. The largest absolute Gasteiger partial charge is 0.493 e. The van der Waals surface area contributed by atoms with Crippen LogP contribution in [-0.2, 0) is 7.05 Å². The Morgan fingerprint density at radius 1 is 1.29 bits per heavy atom. The molecule has 8 heteroatoms. The third-order valence-electron chi connectivity index (χ3n) is 3.12. The Balaban J connectivity index is 2.12. The van der Waals surface area contributed by atoms with E-state index in [4.69, 9.17) is 9.47 Å². The summed E-state index contributed by atoms with van der Waals surface area (Å²) in [6.07, 6.45) is 0. The minimum absolute atomic E-state index is 0.159. The fourth-order valence-corrected chi connectivity index (χ4v) is 2.91. The number of tetrazole rings is 1. The average Bonchev–Trinajstić information content (AvgIpc) is 2.93. The lowest BCUT2D eigenvalue weighted by Crippen LogP contribution is -2.19. The second-order valence-corrected chi connectivity index (χ2v) is 5.34. The van der Waals surface area contributed by atoms with Gasteiger partial charge in [-0.3, -0.25) is 0 Å². The zero-order valence-corrected chi connectivity index (χ0v) is 13.3. The molecule has 0 bridgehead atoms. The van der Waals surface area contributed by atoms with Crippen molar-refractivity contribution < 1.29 is 9.47 Å². The van der Waals surface area contributed by atoms with Gasteiger partial charge in [0.15, 0.2) is 11.5 Å². The van der Waals surface area contributed by atoms with Crippen molar-refractivity contribution in [1.29, 1.82) is 0 Å². The summed E-state index contributed by atoms with van der Waals surface area (Å²) in [7, 11) is 7.02. The zero-order chi connectivity index (χ0) is 15.2. The highest BCUT2D eigenvalue weighted by Gasteiger charge is 2.14. The van der Waals surface area contributed by atoms with Crippen molar-refractivity contribution in [2.24, 2.45) is 7.05 Å².